The van der Waals surface area contributed by atoms with Gasteiger partial charge in [-0.25, -0.2) is 8.78 Å². The number of carboxylic acids is 1. The number of benzene rings is 1. The van der Waals surface area contributed by atoms with E-state index >= 15 is 0 Å². The van der Waals surface area contributed by atoms with Gasteiger partial charge < -0.3 is 10.0 Å². The Hall–Kier alpha value is -1.63. The topological polar surface area (TPSA) is 57.6 Å². The molecule has 1 aliphatic rings. The van der Waals surface area contributed by atoms with Crippen LogP contribution in [0.3, 0.4) is 0 Å². The second-order valence-electron chi connectivity index (χ2n) is 4.53. The molecule has 0 aliphatic carbocycles. The number of hydrogen-bond acceptors (Lipinski definition) is 3. The number of thioether (sulfide) groups is 1. The third kappa shape index (κ3) is 3.47. The molecule has 1 amide bonds. The fourth-order valence-corrected chi connectivity index (χ4v) is 2.82. The van der Waals surface area contributed by atoms with Crippen molar-refractivity contribution in [3.8, 4) is 0 Å². The van der Waals surface area contributed by atoms with E-state index in [0.717, 1.165) is 23.9 Å². The van der Waals surface area contributed by atoms with Crippen LogP contribution in [0.25, 0.3) is 0 Å². The molecule has 1 saturated heterocycles. The highest BCUT2D eigenvalue weighted by Crippen LogP contribution is 2.22. The summed E-state index contributed by atoms with van der Waals surface area (Å²) >= 11 is 1.10. The molecule has 2 rings (SSSR count). The van der Waals surface area contributed by atoms with Gasteiger partial charge in [0.2, 0.25) is 5.91 Å². The van der Waals surface area contributed by atoms with Crippen LogP contribution in [-0.4, -0.2) is 40.7 Å². The van der Waals surface area contributed by atoms with Crippen LogP contribution in [0.5, 0.6) is 0 Å². The lowest BCUT2D eigenvalue weighted by atomic mass is 10.1. The smallest absolute Gasteiger partial charge is 0.308 e. The largest absolute Gasteiger partial charge is 0.481 e. The summed E-state index contributed by atoms with van der Waals surface area (Å²) < 4.78 is 25.7. The van der Waals surface area contributed by atoms with Crippen LogP contribution < -0.4 is 0 Å². The summed E-state index contributed by atoms with van der Waals surface area (Å²) in [5.74, 6) is -3.39. The molecule has 1 heterocycles. The molecule has 1 aromatic rings. The molecule has 0 saturated carbocycles. The molecule has 4 nitrogen and oxygen atoms in total. The second-order valence-corrected chi connectivity index (χ2v) is 5.58. The number of likely N-dealkylation sites (tertiary alicyclic amines) is 1. The van der Waals surface area contributed by atoms with Crippen molar-refractivity contribution in [1.29, 1.82) is 0 Å². The molecule has 0 radical (unpaired) electrons. The van der Waals surface area contributed by atoms with E-state index in [9.17, 15) is 18.4 Å². The third-order valence-corrected chi connectivity index (χ3v) is 4.12. The number of halogens is 2. The van der Waals surface area contributed by atoms with Gasteiger partial charge >= 0.3 is 5.97 Å². The second kappa shape index (κ2) is 6.21. The van der Waals surface area contributed by atoms with Gasteiger partial charge in [0, 0.05) is 18.0 Å². The maximum Gasteiger partial charge on any atom is 0.308 e. The molecule has 1 atom stereocenters. The Kier molecular flexibility index (Phi) is 4.59. The van der Waals surface area contributed by atoms with E-state index in [2.05, 4.69) is 0 Å². The monoisotopic (exact) mass is 301 g/mol. The molecule has 1 N–H and O–H groups in total. The van der Waals surface area contributed by atoms with Crippen LogP contribution in [0, 0.1) is 17.6 Å². The summed E-state index contributed by atoms with van der Waals surface area (Å²) in [5.41, 5.74) is 0. The quantitative estimate of drug-likeness (QED) is 0.864. The molecule has 0 bridgehead atoms. The summed E-state index contributed by atoms with van der Waals surface area (Å²) in [4.78, 5) is 24.6. The van der Waals surface area contributed by atoms with Gasteiger partial charge in [0.1, 0.15) is 0 Å². The first-order chi connectivity index (χ1) is 9.47. The number of amides is 1. The highest BCUT2D eigenvalue weighted by atomic mass is 32.2. The molecule has 1 aliphatic heterocycles. The summed E-state index contributed by atoms with van der Waals surface area (Å²) in [7, 11) is 0. The summed E-state index contributed by atoms with van der Waals surface area (Å²) in [6.07, 6.45) is 0.455. The summed E-state index contributed by atoms with van der Waals surface area (Å²) in [5, 5.41) is 8.86. The van der Waals surface area contributed by atoms with E-state index in [1.54, 1.807) is 0 Å². The Morgan fingerprint density at radius 1 is 1.35 bits per heavy atom. The van der Waals surface area contributed by atoms with Gasteiger partial charge in [-0.15, -0.1) is 11.8 Å². The number of hydrogen-bond donors (Lipinski definition) is 1. The van der Waals surface area contributed by atoms with Crippen LogP contribution in [0.2, 0.25) is 0 Å². The van der Waals surface area contributed by atoms with Crippen molar-refractivity contribution in [2.75, 3.05) is 18.8 Å². The number of rotatable bonds is 4. The van der Waals surface area contributed by atoms with Gasteiger partial charge in [0.05, 0.1) is 11.7 Å². The third-order valence-electron chi connectivity index (χ3n) is 3.14. The average Bonchev–Trinajstić information content (AvgIpc) is 2.89. The van der Waals surface area contributed by atoms with Crippen molar-refractivity contribution in [3.05, 3.63) is 29.8 Å². The number of carbonyl (C=O) groups is 2. The summed E-state index contributed by atoms with van der Waals surface area (Å²) in [6, 6.07) is 3.45. The lowest BCUT2D eigenvalue weighted by Gasteiger charge is -2.15. The molecule has 20 heavy (non-hydrogen) atoms. The van der Waals surface area contributed by atoms with Gasteiger partial charge in [-0.2, -0.15) is 0 Å². The van der Waals surface area contributed by atoms with Crippen LogP contribution in [0.1, 0.15) is 6.42 Å². The molecular formula is C13H13F2NO3S. The van der Waals surface area contributed by atoms with Gasteiger partial charge in [-0.3, -0.25) is 9.59 Å². The molecule has 1 unspecified atom stereocenters. The Bertz CT molecular complexity index is 538. The fraction of sp³-hybridized carbons (Fsp3) is 0.385. The summed E-state index contributed by atoms with van der Waals surface area (Å²) in [6.45, 7) is 0.640. The minimum atomic E-state index is -0.949. The molecule has 0 spiro atoms. The number of aliphatic carboxylic acids is 1. The number of carbonyl (C=O) groups excluding carboxylic acids is 1. The normalized spacial score (nSPS) is 18.3. The zero-order valence-electron chi connectivity index (χ0n) is 10.5. The van der Waals surface area contributed by atoms with Crippen molar-refractivity contribution in [2.24, 2.45) is 5.92 Å². The van der Waals surface area contributed by atoms with E-state index in [0.29, 0.717) is 17.9 Å². The maximum absolute atomic E-state index is 13.0. The Morgan fingerprint density at radius 3 is 2.70 bits per heavy atom. The van der Waals surface area contributed by atoms with Gasteiger partial charge in [0.15, 0.2) is 11.6 Å². The standard InChI is InChI=1S/C13H13F2NO3S/c14-10-2-1-9(5-11(10)15)20-7-12(17)16-4-3-8(6-16)13(18)19/h1-2,5,8H,3-4,6-7H2,(H,18,19). The maximum atomic E-state index is 13.0. The SMILES string of the molecule is O=C(O)C1CCN(C(=O)CSc2ccc(F)c(F)c2)C1. The molecule has 108 valence electrons. The van der Waals surface area contributed by atoms with Crippen molar-refractivity contribution < 1.29 is 23.5 Å². The van der Waals surface area contributed by atoms with Crippen LogP contribution in [-0.2, 0) is 9.59 Å². The van der Waals surface area contributed by atoms with E-state index in [-0.39, 0.29) is 18.2 Å². The predicted octanol–water partition coefficient (Wildman–Crippen LogP) is 1.99. The Balaban J connectivity index is 1.86. The fourth-order valence-electron chi connectivity index (χ4n) is 1.99. The minimum absolute atomic E-state index is 0.0808. The average molecular weight is 301 g/mol. The van der Waals surface area contributed by atoms with E-state index in [1.165, 1.54) is 11.0 Å². The molecule has 0 aromatic heterocycles. The Labute approximate surface area is 118 Å². The lowest BCUT2D eigenvalue weighted by molar-refractivity contribution is -0.141. The van der Waals surface area contributed by atoms with Crippen LogP contribution in [0.15, 0.2) is 23.1 Å². The van der Waals surface area contributed by atoms with Crippen molar-refractivity contribution in [3.63, 3.8) is 0 Å². The van der Waals surface area contributed by atoms with E-state index in [1.807, 2.05) is 0 Å². The first-order valence-corrected chi connectivity index (χ1v) is 7.04. The first kappa shape index (κ1) is 14.8. The predicted molar refractivity (Wildman–Crippen MR) is 69.4 cm³/mol. The molecular weight excluding hydrogens is 288 g/mol. The van der Waals surface area contributed by atoms with Gasteiger partial charge in [-0.1, -0.05) is 0 Å². The molecule has 7 heteroatoms. The first-order valence-electron chi connectivity index (χ1n) is 6.06. The highest BCUT2D eigenvalue weighted by molar-refractivity contribution is 8.00. The molecule has 1 aromatic carbocycles. The zero-order chi connectivity index (χ0) is 14.7. The van der Waals surface area contributed by atoms with E-state index < -0.39 is 23.5 Å². The lowest BCUT2D eigenvalue weighted by Crippen LogP contribution is -2.31. The molecule has 1 fully saturated rings. The minimum Gasteiger partial charge on any atom is -0.481 e. The van der Waals surface area contributed by atoms with Gasteiger partial charge in [-0.05, 0) is 24.6 Å². The van der Waals surface area contributed by atoms with Crippen LogP contribution >= 0.6 is 11.8 Å². The van der Waals surface area contributed by atoms with Crippen molar-refractivity contribution in [2.45, 2.75) is 11.3 Å². The van der Waals surface area contributed by atoms with E-state index in [4.69, 9.17) is 5.11 Å². The van der Waals surface area contributed by atoms with Crippen LogP contribution in [0.4, 0.5) is 8.78 Å². The number of nitrogens with zero attached hydrogens (tertiary/aromatic N) is 1. The van der Waals surface area contributed by atoms with Crippen molar-refractivity contribution in [1.82, 2.24) is 4.90 Å². The Morgan fingerprint density at radius 2 is 2.10 bits per heavy atom. The highest BCUT2D eigenvalue weighted by Gasteiger charge is 2.30. The number of carboxylic acid groups (broad SMARTS) is 1. The van der Waals surface area contributed by atoms with Gasteiger partial charge in [0.25, 0.3) is 0 Å². The zero-order valence-corrected chi connectivity index (χ0v) is 11.3. The van der Waals surface area contributed by atoms with Crippen molar-refractivity contribution >= 4 is 23.6 Å².